The summed E-state index contributed by atoms with van der Waals surface area (Å²) in [7, 11) is 0. The van der Waals surface area contributed by atoms with Crippen LogP contribution in [0.5, 0.6) is 11.5 Å². The number of benzene rings is 2. The van der Waals surface area contributed by atoms with E-state index in [1.807, 2.05) is 54.6 Å². The van der Waals surface area contributed by atoms with E-state index in [2.05, 4.69) is 0 Å². The summed E-state index contributed by atoms with van der Waals surface area (Å²) in [4.78, 5) is 38.1. The van der Waals surface area contributed by atoms with Gasteiger partial charge in [-0.05, 0) is 42.7 Å². The maximum atomic E-state index is 12.7. The Morgan fingerprint density at radius 3 is 2.34 bits per heavy atom. The molecule has 0 aliphatic carbocycles. The normalized spacial score (nSPS) is 21.4. The summed E-state index contributed by atoms with van der Waals surface area (Å²) in [6.07, 6.45) is 1.62. The van der Waals surface area contributed by atoms with Crippen molar-refractivity contribution in [1.82, 2.24) is 9.80 Å². The summed E-state index contributed by atoms with van der Waals surface area (Å²) in [5.41, 5.74) is 1.09. The average Bonchev–Trinajstić information content (AvgIpc) is 2.73. The molecule has 150 valence electrons. The number of carbonyl (C=O) groups excluding carboxylic acids is 2. The molecule has 2 heterocycles. The molecule has 2 aliphatic rings. The van der Waals surface area contributed by atoms with Crippen molar-refractivity contribution in [2.45, 2.75) is 31.2 Å². The van der Waals surface area contributed by atoms with E-state index in [1.54, 1.807) is 4.90 Å². The highest BCUT2D eigenvalue weighted by Crippen LogP contribution is 2.31. The van der Waals surface area contributed by atoms with Crippen molar-refractivity contribution in [3.63, 3.8) is 0 Å². The third-order valence-electron chi connectivity index (χ3n) is 5.46. The molecule has 1 N–H and O–H groups in total. The number of β-lactam (4-membered cyclic amide) rings is 1. The first-order chi connectivity index (χ1) is 14.0. The highest BCUT2D eigenvalue weighted by Gasteiger charge is 2.47. The van der Waals surface area contributed by atoms with Gasteiger partial charge in [0.2, 0.25) is 5.91 Å². The molecular weight excluding hydrogens is 372 g/mol. The summed E-state index contributed by atoms with van der Waals surface area (Å²) < 4.78 is 5.82. The van der Waals surface area contributed by atoms with Gasteiger partial charge in [0.15, 0.2) is 0 Å². The van der Waals surface area contributed by atoms with Gasteiger partial charge < -0.3 is 14.7 Å². The molecule has 0 bridgehead atoms. The van der Waals surface area contributed by atoms with E-state index in [0.29, 0.717) is 13.1 Å². The summed E-state index contributed by atoms with van der Waals surface area (Å²) >= 11 is 0. The number of carboxylic acid groups (broad SMARTS) is 1. The number of imide groups is 1. The predicted molar refractivity (Wildman–Crippen MR) is 105 cm³/mol. The largest absolute Gasteiger partial charge is 0.480 e. The lowest BCUT2D eigenvalue weighted by atomic mass is 9.90. The zero-order valence-electron chi connectivity index (χ0n) is 15.9. The van der Waals surface area contributed by atoms with Crippen molar-refractivity contribution in [2.24, 2.45) is 0 Å². The molecule has 2 fully saturated rings. The van der Waals surface area contributed by atoms with Gasteiger partial charge in [-0.1, -0.05) is 30.3 Å². The van der Waals surface area contributed by atoms with Crippen LogP contribution in [0.3, 0.4) is 0 Å². The molecule has 3 amide bonds. The Hall–Kier alpha value is -3.35. The number of carbonyl (C=O) groups is 3. The smallest absolute Gasteiger partial charge is 0.327 e. The van der Waals surface area contributed by atoms with Gasteiger partial charge in [0.05, 0.1) is 6.42 Å². The van der Waals surface area contributed by atoms with E-state index in [1.165, 1.54) is 0 Å². The lowest BCUT2D eigenvalue weighted by Gasteiger charge is -2.41. The van der Waals surface area contributed by atoms with Crippen molar-refractivity contribution >= 4 is 17.9 Å². The van der Waals surface area contributed by atoms with Crippen LogP contribution in [-0.2, 0) is 9.59 Å². The molecule has 0 radical (unpaired) electrons. The molecule has 2 aliphatic heterocycles. The molecule has 2 saturated heterocycles. The number of carboxylic acids is 1. The molecule has 2 atom stereocenters. The van der Waals surface area contributed by atoms with Gasteiger partial charge in [0, 0.05) is 19.0 Å². The minimum atomic E-state index is -1.14. The molecule has 0 spiro atoms. The summed E-state index contributed by atoms with van der Waals surface area (Å²) in [5, 5.41) is 9.15. The molecule has 7 nitrogen and oxygen atoms in total. The van der Waals surface area contributed by atoms with Gasteiger partial charge in [-0.3, -0.25) is 4.79 Å². The van der Waals surface area contributed by atoms with E-state index >= 15 is 0 Å². The van der Waals surface area contributed by atoms with Crippen LogP contribution in [0.15, 0.2) is 54.6 Å². The van der Waals surface area contributed by atoms with Gasteiger partial charge in [-0.15, -0.1) is 0 Å². The van der Waals surface area contributed by atoms with Gasteiger partial charge in [0.1, 0.15) is 17.5 Å². The second-order valence-corrected chi connectivity index (χ2v) is 7.37. The molecule has 2 aromatic rings. The fourth-order valence-corrected chi connectivity index (χ4v) is 3.86. The average molecular weight is 394 g/mol. The van der Waals surface area contributed by atoms with Crippen LogP contribution >= 0.6 is 0 Å². The van der Waals surface area contributed by atoms with Gasteiger partial charge in [-0.25, -0.2) is 14.5 Å². The van der Waals surface area contributed by atoms with Gasteiger partial charge >= 0.3 is 12.0 Å². The molecule has 2 aromatic carbocycles. The third-order valence-corrected chi connectivity index (χ3v) is 5.46. The summed E-state index contributed by atoms with van der Waals surface area (Å²) in [6, 6.07) is 15.8. The van der Waals surface area contributed by atoms with E-state index in [4.69, 9.17) is 9.84 Å². The monoisotopic (exact) mass is 394 g/mol. The number of ether oxygens (including phenoxy) is 1. The summed E-state index contributed by atoms with van der Waals surface area (Å²) in [5.74, 6) is 0.0756. The van der Waals surface area contributed by atoms with E-state index in [0.717, 1.165) is 34.8 Å². The number of likely N-dealkylation sites (tertiary alicyclic amines) is 2. The number of amides is 3. The summed E-state index contributed by atoms with van der Waals surface area (Å²) in [6.45, 7) is 0.995. The highest BCUT2D eigenvalue weighted by molar-refractivity contribution is 6.05. The standard InChI is InChI=1S/C22H22N2O5/c25-20-13-19(21(26)27)24(20)22(28)23-12-4-5-16(14-23)15-8-10-18(11-9-15)29-17-6-2-1-3-7-17/h1-3,6-11,16,19H,4-5,12-14H2,(H,26,27). The first kappa shape index (κ1) is 19.0. The lowest BCUT2D eigenvalue weighted by molar-refractivity contribution is -0.158. The van der Waals surface area contributed by atoms with Crippen LogP contribution in [0, 0.1) is 0 Å². The van der Waals surface area contributed by atoms with Crippen LogP contribution in [0.4, 0.5) is 4.79 Å². The maximum Gasteiger partial charge on any atom is 0.327 e. The maximum absolute atomic E-state index is 12.7. The van der Waals surface area contributed by atoms with Crippen molar-refractivity contribution in [3.8, 4) is 11.5 Å². The van der Waals surface area contributed by atoms with Crippen LogP contribution in [0.2, 0.25) is 0 Å². The number of piperidine rings is 1. The number of rotatable bonds is 4. The van der Waals surface area contributed by atoms with Crippen molar-refractivity contribution < 1.29 is 24.2 Å². The van der Waals surface area contributed by atoms with Crippen LogP contribution in [0.1, 0.15) is 30.7 Å². The topological polar surface area (TPSA) is 87.2 Å². The first-order valence-corrected chi connectivity index (χ1v) is 9.69. The number of urea groups is 1. The Morgan fingerprint density at radius 2 is 1.69 bits per heavy atom. The van der Waals surface area contributed by atoms with Crippen molar-refractivity contribution in [2.75, 3.05) is 13.1 Å². The Labute approximate surface area is 168 Å². The Morgan fingerprint density at radius 1 is 1.00 bits per heavy atom. The first-order valence-electron chi connectivity index (χ1n) is 9.69. The van der Waals surface area contributed by atoms with Gasteiger partial charge in [-0.2, -0.15) is 0 Å². The zero-order valence-corrected chi connectivity index (χ0v) is 15.9. The quantitative estimate of drug-likeness (QED) is 0.803. The number of para-hydroxylation sites is 1. The van der Waals surface area contributed by atoms with E-state index in [-0.39, 0.29) is 12.3 Å². The Bertz CT molecular complexity index is 913. The zero-order chi connectivity index (χ0) is 20.4. The number of nitrogens with zero attached hydrogens (tertiary/aromatic N) is 2. The van der Waals surface area contributed by atoms with E-state index in [9.17, 15) is 14.4 Å². The second kappa shape index (κ2) is 7.95. The predicted octanol–water partition coefficient (Wildman–Crippen LogP) is 3.46. The number of aliphatic carboxylic acids is 1. The lowest BCUT2D eigenvalue weighted by Crippen LogP contribution is -2.63. The number of hydrogen-bond donors (Lipinski definition) is 1. The molecule has 0 saturated carbocycles. The third kappa shape index (κ3) is 3.94. The SMILES string of the molecule is O=C(O)C1CC(=O)N1C(=O)N1CCCC(c2ccc(Oc3ccccc3)cc2)C1. The second-order valence-electron chi connectivity index (χ2n) is 7.37. The molecule has 0 aromatic heterocycles. The molecular formula is C22H22N2O5. The van der Waals surface area contributed by atoms with Crippen LogP contribution in [-0.4, -0.2) is 51.9 Å². The fraction of sp³-hybridized carbons (Fsp3) is 0.318. The van der Waals surface area contributed by atoms with Gasteiger partial charge in [0.25, 0.3) is 0 Å². The van der Waals surface area contributed by atoms with Crippen LogP contribution in [0.25, 0.3) is 0 Å². The fourth-order valence-electron chi connectivity index (χ4n) is 3.86. The minimum Gasteiger partial charge on any atom is -0.480 e. The molecule has 7 heteroatoms. The Balaban J connectivity index is 1.41. The van der Waals surface area contributed by atoms with Crippen LogP contribution < -0.4 is 4.74 Å². The Kier molecular flexibility index (Phi) is 5.20. The molecule has 29 heavy (non-hydrogen) atoms. The number of hydrogen-bond acceptors (Lipinski definition) is 4. The molecule has 2 unspecified atom stereocenters. The minimum absolute atomic E-state index is 0.110. The van der Waals surface area contributed by atoms with Crippen molar-refractivity contribution in [1.29, 1.82) is 0 Å². The van der Waals surface area contributed by atoms with Crippen molar-refractivity contribution in [3.05, 3.63) is 60.2 Å². The highest BCUT2D eigenvalue weighted by atomic mass is 16.5. The van der Waals surface area contributed by atoms with E-state index < -0.39 is 23.9 Å². The molecule has 4 rings (SSSR count).